The van der Waals surface area contributed by atoms with E-state index in [4.69, 9.17) is 0 Å². The van der Waals surface area contributed by atoms with E-state index in [0.29, 0.717) is 29.4 Å². The molecule has 0 bridgehead atoms. The lowest BCUT2D eigenvalue weighted by molar-refractivity contribution is 0.446. The van der Waals surface area contributed by atoms with E-state index in [-0.39, 0.29) is 6.04 Å². The monoisotopic (exact) mass is 338 g/mol. The van der Waals surface area contributed by atoms with Gasteiger partial charge in [0.2, 0.25) is 10.0 Å². The second-order valence-electron chi connectivity index (χ2n) is 5.94. The molecule has 3 rings (SSSR count). The van der Waals surface area contributed by atoms with Crippen LogP contribution in [-0.2, 0) is 23.5 Å². The van der Waals surface area contributed by atoms with Crippen LogP contribution in [0.4, 0.5) is 0 Å². The quantitative estimate of drug-likeness (QED) is 0.824. The lowest BCUT2D eigenvalue weighted by atomic mass is 10.2. The van der Waals surface area contributed by atoms with Crippen LogP contribution in [0.15, 0.2) is 11.2 Å². The van der Waals surface area contributed by atoms with E-state index in [1.54, 1.807) is 36.2 Å². The lowest BCUT2D eigenvalue weighted by Crippen LogP contribution is -2.30. The number of nitrogens with zero attached hydrogens (tertiary/aromatic N) is 6. The largest absolute Gasteiger partial charge is 0.313 e. The molecule has 1 fully saturated rings. The SMILES string of the molecule is CCc1nncn1C1CCN(S(=O)(=O)c2c(C)nn(C)c2C)C1. The Morgan fingerprint density at radius 1 is 1.35 bits per heavy atom. The number of aromatic nitrogens is 5. The molecule has 126 valence electrons. The fourth-order valence-corrected chi connectivity index (χ4v) is 5.13. The molecule has 0 aliphatic carbocycles. The van der Waals surface area contributed by atoms with Gasteiger partial charge in [0.05, 0.1) is 17.4 Å². The van der Waals surface area contributed by atoms with E-state index in [1.807, 2.05) is 11.5 Å². The molecule has 0 N–H and O–H groups in total. The maximum Gasteiger partial charge on any atom is 0.246 e. The summed E-state index contributed by atoms with van der Waals surface area (Å²) in [6.45, 7) is 6.49. The summed E-state index contributed by atoms with van der Waals surface area (Å²) in [4.78, 5) is 0.333. The van der Waals surface area contributed by atoms with Gasteiger partial charge in [-0.2, -0.15) is 9.40 Å². The van der Waals surface area contributed by atoms with Gasteiger partial charge in [0.15, 0.2) is 0 Å². The Morgan fingerprint density at radius 2 is 2.09 bits per heavy atom. The number of aryl methyl sites for hydroxylation is 3. The molecule has 2 aromatic heterocycles. The van der Waals surface area contributed by atoms with Crippen molar-refractivity contribution in [2.24, 2.45) is 7.05 Å². The summed E-state index contributed by atoms with van der Waals surface area (Å²) in [7, 11) is -1.76. The molecular formula is C14H22N6O2S. The minimum Gasteiger partial charge on any atom is -0.313 e. The summed E-state index contributed by atoms with van der Waals surface area (Å²) in [6, 6.07) is 0.0898. The fraction of sp³-hybridized carbons (Fsp3) is 0.643. The van der Waals surface area contributed by atoms with Crippen LogP contribution in [0.1, 0.15) is 36.6 Å². The Kier molecular flexibility index (Phi) is 4.01. The van der Waals surface area contributed by atoms with Crippen LogP contribution in [0.5, 0.6) is 0 Å². The van der Waals surface area contributed by atoms with Crippen molar-refractivity contribution in [3.8, 4) is 0 Å². The van der Waals surface area contributed by atoms with Gasteiger partial charge < -0.3 is 4.57 Å². The Labute approximate surface area is 136 Å². The molecular weight excluding hydrogens is 316 g/mol. The van der Waals surface area contributed by atoms with Crippen molar-refractivity contribution in [1.82, 2.24) is 28.9 Å². The van der Waals surface area contributed by atoms with E-state index in [0.717, 1.165) is 18.7 Å². The molecule has 1 saturated heterocycles. The van der Waals surface area contributed by atoms with Crippen molar-refractivity contribution in [3.05, 3.63) is 23.5 Å². The normalized spacial score (nSPS) is 19.6. The predicted molar refractivity (Wildman–Crippen MR) is 84.5 cm³/mol. The van der Waals surface area contributed by atoms with Crippen LogP contribution >= 0.6 is 0 Å². The van der Waals surface area contributed by atoms with Gasteiger partial charge in [-0.25, -0.2) is 8.42 Å². The van der Waals surface area contributed by atoms with Crippen molar-refractivity contribution >= 4 is 10.0 Å². The third-order valence-electron chi connectivity index (χ3n) is 4.52. The first kappa shape index (κ1) is 16.1. The standard InChI is InChI=1S/C14H22N6O2S/c1-5-13-16-15-9-20(13)12-6-7-19(8-12)23(21,22)14-10(2)17-18(4)11(14)3/h9,12H,5-8H2,1-4H3. The Bertz CT molecular complexity index is 822. The van der Waals surface area contributed by atoms with Crippen LogP contribution in [0.25, 0.3) is 0 Å². The summed E-state index contributed by atoms with van der Waals surface area (Å²) >= 11 is 0. The highest BCUT2D eigenvalue weighted by atomic mass is 32.2. The molecule has 0 saturated carbocycles. The summed E-state index contributed by atoms with van der Waals surface area (Å²) in [5, 5.41) is 12.3. The molecule has 0 radical (unpaired) electrons. The highest BCUT2D eigenvalue weighted by Crippen LogP contribution is 2.30. The minimum absolute atomic E-state index is 0.0898. The maximum absolute atomic E-state index is 13.0. The molecule has 9 heteroatoms. The molecule has 8 nitrogen and oxygen atoms in total. The number of hydrogen-bond donors (Lipinski definition) is 0. The second kappa shape index (κ2) is 5.72. The topological polar surface area (TPSA) is 85.9 Å². The molecule has 1 unspecified atom stereocenters. The van der Waals surface area contributed by atoms with Crippen molar-refractivity contribution in [1.29, 1.82) is 0 Å². The van der Waals surface area contributed by atoms with Crippen molar-refractivity contribution < 1.29 is 8.42 Å². The van der Waals surface area contributed by atoms with Crippen molar-refractivity contribution in [2.45, 2.75) is 44.6 Å². The zero-order chi connectivity index (χ0) is 16.8. The smallest absolute Gasteiger partial charge is 0.246 e. The van der Waals surface area contributed by atoms with Gasteiger partial charge in [-0.3, -0.25) is 4.68 Å². The molecule has 0 amide bonds. The van der Waals surface area contributed by atoms with Gasteiger partial charge in [-0.05, 0) is 20.3 Å². The zero-order valence-electron chi connectivity index (χ0n) is 13.9. The molecule has 3 heterocycles. The van der Waals surface area contributed by atoms with Crippen LogP contribution in [0.3, 0.4) is 0 Å². The number of rotatable bonds is 4. The first-order valence-electron chi connectivity index (χ1n) is 7.75. The van der Waals surface area contributed by atoms with Crippen LogP contribution < -0.4 is 0 Å². The molecule has 0 aromatic carbocycles. The highest BCUT2D eigenvalue weighted by Gasteiger charge is 2.36. The van der Waals surface area contributed by atoms with E-state index >= 15 is 0 Å². The predicted octanol–water partition coefficient (Wildman–Crippen LogP) is 0.827. The molecule has 1 aliphatic heterocycles. The zero-order valence-corrected chi connectivity index (χ0v) is 14.7. The van der Waals surface area contributed by atoms with E-state index in [1.165, 1.54) is 0 Å². The van der Waals surface area contributed by atoms with Crippen LogP contribution in [0, 0.1) is 13.8 Å². The van der Waals surface area contributed by atoms with Gasteiger partial charge in [0.25, 0.3) is 0 Å². The Morgan fingerprint density at radius 3 is 2.70 bits per heavy atom. The van der Waals surface area contributed by atoms with Crippen LogP contribution in [0.2, 0.25) is 0 Å². The third-order valence-corrected chi connectivity index (χ3v) is 6.64. The molecule has 1 aliphatic rings. The fourth-order valence-electron chi connectivity index (χ4n) is 3.24. The van der Waals surface area contributed by atoms with Gasteiger partial charge in [-0.1, -0.05) is 6.92 Å². The van der Waals surface area contributed by atoms with Gasteiger partial charge >= 0.3 is 0 Å². The average molecular weight is 338 g/mol. The van der Waals surface area contributed by atoms with Gasteiger partial charge in [0.1, 0.15) is 17.0 Å². The molecule has 1 atom stereocenters. The summed E-state index contributed by atoms with van der Waals surface area (Å²) in [5.41, 5.74) is 1.22. The number of hydrogen-bond acceptors (Lipinski definition) is 5. The summed E-state index contributed by atoms with van der Waals surface area (Å²) < 4.78 is 31.1. The van der Waals surface area contributed by atoms with Crippen molar-refractivity contribution in [3.63, 3.8) is 0 Å². The van der Waals surface area contributed by atoms with E-state index in [9.17, 15) is 8.42 Å². The molecule has 2 aromatic rings. The first-order chi connectivity index (χ1) is 10.9. The first-order valence-corrected chi connectivity index (χ1v) is 9.19. The summed E-state index contributed by atoms with van der Waals surface area (Å²) in [5.74, 6) is 0.892. The maximum atomic E-state index is 13.0. The van der Waals surface area contributed by atoms with Gasteiger partial charge in [0, 0.05) is 26.6 Å². The third kappa shape index (κ3) is 2.57. The Balaban J connectivity index is 1.89. The van der Waals surface area contributed by atoms with Crippen LogP contribution in [-0.4, -0.2) is 50.4 Å². The van der Waals surface area contributed by atoms with E-state index in [2.05, 4.69) is 15.3 Å². The Hall–Kier alpha value is -1.74. The van der Waals surface area contributed by atoms with E-state index < -0.39 is 10.0 Å². The molecule has 0 spiro atoms. The summed E-state index contributed by atoms with van der Waals surface area (Å²) in [6.07, 6.45) is 3.24. The van der Waals surface area contributed by atoms with Gasteiger partial charge in [-0.15, -0.1) is 10.2 Å². The molecule has 23 heavy (non-hydrogen) atoms. The average Bonchev–Trinajstić information content (AvgIpc) is 3.19. The minimum atomic E-state index is -3.53. The highest BCUT2D eigenvalue weighted by molar-refractivity contribution is 7.89. The number of sulfonamides is 1. The second-order valence-corrected chi connectivity index (χ2v) is 7.81. The van der Waals surface area contributed by atoms with Crippen molar-refractivity contribution in [2.75, 3.05) is 13.1 Å². The lowest BCUT2D eigenvalue weighted by Gasteiger charge is -2.18.